The SMILES string of the molecule is CC(C)(CCCN(CCO)Cc1ccc(OC(F)F)cc1)[Si](C)(C)O. The van der Waals surface area contributed by atoms with Crippen LogP contribution >= 0.6 is 0 Å². The van der Waals surface area contributed by atoms with E-state index in [1.807, 2.05) is 13.1 Å². The zero-order chi connectivity index (χ0) is 19.1. The molecule has 0 saturated heterocycles. The minimum atomic E-state index is -2.82. The maximum atomic E-state index is 12.2. The fraction of sp³-hybridized carbons (Fsp3) is 0.667. The Morgan fingerprint density at radius 3 is 2.24 bits per heavy atom. The van der Waals surface area contributed by atoms with Crippen molar-refractivity contribution in [1.29, 1.82) is 0 Å². The Morgan fingerprint density at radius 1 is 1.16 bits per heavy atom. The second-order valence-corrected chi connectivity index (χ2v) is 12.0. The molecule has 0 amide bonds. The van der Waals surface area contributed by atoms with Gasteiger partial charge in [0.25, 0.3) is 0 Å². The number of nitrogens with zero attached hydrogens (tertiary/aromatic N) is 1. The van der Waals surface area contributed by atoms with Crippen molar-refractivity contribution in [1.82, 2.24) is 4.90 Å². The van der Waals surface area contributed by atoms with Crippen molar-refractivity contribution in [2.24, 2.45) is 0 Å². The number of alkyl halides is 2. The van der Waals surface area contributed by atoms with Crippen LogP contribution < -0.4 is 4.74 Å². The molecule has 0 radical (unpaired) electrons. The minimum Gasteiger partial charge on any atom is -0.435 e. The van der Waals surface area contributed by atoms with Gasteiger partial charge in [0.05, 0.1) is 6.61 Å². The molecule has 0 atom stereocenters. The summed E-state index contributed by atoms with van der Waals surface area (Å²) >= 11 is 0. The Balaban J connectivity index is 2.56. The lowest BCUT2D eigenvalue weighted by atomic mass is 10.1. The van der Waals surface area contributed by atoms with Crippen LogP contribution in [0.2, 0.25) is 18.1 Å². The molecule has 0 aromatic heterocycles. The van der Waals surface area contributed by atoms with Crippen LogP contribution in [0.1, 0.15) is 32.3 Å². The van der Waals surface area contributed by atoms with Crippen LogP contribution in [-0.2, 0) is 6.54 Å². The summed E-state index contributed by atoms with van der Waals surface area (Å²) in [5.74, 6) is 0.143. The van der Waals surface area contributed by atoms with E-state index in [0.717, 1.165) is 24.9 Å². The van der Waals surface area contributed by atoms with E-state index in [-0.39, 0.29) is 17.4 Å². The summed E-state index contributed by atoms with van der Waals surface area (Å²) in [4.78, 5) is 12.5. The Kier molecular flexibility index (Phi) is 8.47. The Hall–Kier alpha value is -1.02. The summed E-state index contributed by atoms with van der Waals surface area (Å²) in [5.41, 5.74) is 0.978. The molecule has 4 nitrogen and oxygen atoms in total. The van der Waals surface area contributed by atoms with Gasteiger partial charge < -0.3 is 14.6 Å². The summed E-state index contributed by atoms with van der Waals surface area (Å²) in [6.07, 6.45) is 1.85. The van der Waals surface area contributed by atoms with Crippen LogP contribution in [0.3, 0.4) is 0 Å². The van der Waals surface area contributed by atoms with Gasteiger partial charge in [-0.05, 0) is 55.2 Å². The van der Waals surface area contributed by atoms with Crippen LogP contribution in [0, 0.1) is 0 Å². The lowest BCUT2D eigenvalue weighted by Crippen LogP contribution is -2.39. The Morgan fingerprint density at radius 2 is 1.76 bits per heavy atom. The van der Waals surface area contributed by atoms with E-state index in [0.29, 0.717) is 13.1 Å². The smallest absolute Gasteiger partial charge is 0.387 e. The predicted octanol–water partition coefficient (Wildman–Crippen LogP) is 3.84. The van der Waals surface area contributed by atoms with Gasteiger partial charge in [0, 0.05) is 13.1 Å². The molecule has 0 aliphatic heterocycles. The maximum absolute atomic E-state index is 12.2. The maximum Gasteiger partial charge on any atom is 0.387 e. The summed E-state index contributed by atoms with van der Waals surface area (Å²) in [6.45, 7) is 7.38. The first kappa shape index (κ1) is 22.0. The van der Waals surface area contributed by atoms with Gasteiger partial charge in [-0.3, -0.25) is 4.90 Å². The van der Waals surface area contributed by atoms with E-state index in [2.05, 4.69) is 23.5 Å². The molecular weight excluding hydrogens is 344 g/mol. The first-order valence-electron chi connectivity index (χ1n) is 8.64. The van der Waals surface area contributed by atoms with E-state index in [1.54, 1.807) is 12.1 Å². The van der Waals surface area contributed by atoms with Crippen molar-refractivity contribution >= 4 is 8.32 Å². The van der Waals surface area contributed by atoms with Crippen LogP contribution in [-0.4, -0.2) is 49.4 Å². The monoisotopic (exact) mass is 375 g/mol. The first-order valence-corrected chi connectivity index (χ1v) is 11.6. The van der Waals surface area contributed by atoms with Crippen LogP contribution in [0.25, 0.3) is 0 Å². The van der Waals surface area contributed by atoms with Gasteiger partial charge in [0.2, 0.25) is 0 Å². The summed E-state index contributed by atoms with van der Waals surface area (Å²) in [6, 6.07) is 6.58. The van der Waals surface area contributed by atoms with Gasteiger partial charge in [-0.15, -0.1) is 0 Å². The van der Waals surface area contributed by atoms with Crippen molar-refractivity contribution in [3.8, 4) is 5.75 Å². The first-order chi connectivity index (χ1) is 11.5. The molecule has 0 aliphatic carbocycles. The highest BCUT2D eigenvalue weighted by molar-refractivity contribution is 6.72. The lowest BCUT2D eigenvalue weighted by Gasteiger charge is -2.35. The van der Waals surface area contributed by atoms with Gasteiger partial charge in [-0.25, -0.2) is 0 Å². The summed E-state index contributed by atoms with van der Waals surface area (Å²) in [7, 11) is -2.21. The third-order valence-corrected chi connectivity index (χ3v) is 8.47. The van der Waals surface area contributed by atoms with Crippen molar-refractivity contribution in [2.75, 3.05) is 19.7 Å². The van der Waals surface area contributed by atoms with Gasteiger partial charge in [-0.2, -0.15) is 8.78 Å². The number of benzene rings is 1. The van der Waals surface area contributed by atoms with E-state index in [9.17, 15) is 18.7 Å². The zero-order valence-corrected chi connectivity index (χ0v) is 16.6. The lowest BCUT2D eigenvalue weighted by molar-refractivity contribution is -0.0498. The van der Waals surface area contributed by atoms with Crippen molar-refractivity contribution < 1.29 is 23.4 Å². The van der Waals surface area contributed by atoms with Crippen LogP contribution in [0.4, 0.5) is 8.78 Å². The van der Waals surface area contributed by atoms with E-state index in [1.165, 1.54) is 12.1 Å². The van der Waals surface area contributed by atoms with Gasteiger partial charge in [0.15, 0.2) is 8.32 Å². The van der Waals surface area contributed by atoms with E-state index in [4.69, 9.17) is 0 Å². The Labute approximate surface area is 150 Å². The van der Waals surface area contributed by atoms with Crippen LogP contribution in [0.15, 0.2) is 24.3 Å². The second kappa shape index (κ2) is 9.61. The highest BCUT2D eigenvalue weighted by atomic mass is 28.4. The number of hydrogen-bond acceptors (Lipinski definition) is 4. The average Bonchev–Trinajstić information content (AvgIpc) is 2.47. The van der Waals surface area contributed by atoms with Crippen molar-refractivity contribution in [3.05, 3.63) is 29.8 Å². The molecule has 0 unspecified atom stereocenters. The average molecular weight is 376 g/mol. The highest BCUT2D eigenvalue weighted by Crippen LogP contribution is 2.39. The fourth-order valence-electron chi connectivity index (χ4n) is 2.50. The van der Waals surface area contributed by atoms with Gasteiger partial charge in [0.1, 0.15) is 5.75 Å². The summed E-state index contributed by atoms with van der Waals surface area (Å²) in [5, 5.41) is 9.20. The highest BCUT2D eigenvalue weighted by Gasteiger charge is 2.37. The third kappa shape index (κ3) is 7.81. The molecule has 0 heterocycles. The third-order valence-electron chi connectivity index (χ3n) is 4.90. The van der Waals surface area contributed by atoms with E-state index < -0.39 is 14.9 Å². The Bertz CT molecular complexity index is 504. The quantitative estimate of drug-likeness (QED) is 0.577. The summed E-state index contributed by atoms with van der Waals surface area (Å²) < 4.78 is 28.7. The van der Waals surface area contributed by atoms with E-state index >= 15 is 0 Å². The minimum absolute atomic E-state index is 0.0633. The van der Waals surface area contributed by atoms with Crippen molar-refractivity contribution in [2.45, 2.75) is 58.0 Å². The topological polar surface area (TPSA) is 52.9 Å². The number of halogens is 2. The molecule has 7 heteroatoms. The molecule has 0 bridgehead atoms. The fourth-order valence-corrected chi connectivity index (χ4v) is 3.28. The number of aliphatic hydroxyl groups excluding tert-OH is 1. The molecule has 2 N–H and O–H groups in total. The van der Waals surface area contributed by atoms with Gasteiger partial charge >= 0.3 is 6.61 Å². The largest absolute Gasteiger partial charge is 0.435 e. The molecule has 1 aromatic rings. The number of ether oxygens (including phenoxy) is 1. The zero-order valence-electron chi connectivity index (χ0n) is 15.6. The molecular formula is C18H31F2NO3Si. The molecule has 0 saturated carbocycles. The van der Waals surface area contributed by atoms with Crippen LogP contribution in [0.5, 0.6) is 5.75 Å². The number of hydrogen-bond donors (Lipinski definition) is 2. The standard InChI is InChI=1S/C18H31F2NO3Si/c1-18(2,25(3,4)23)10-5-11-21(12-13-22)14-15-6-8-16(9-7-15)24-17(19)20/h6-9,17,22-23H,5,10-14H2,1-4H3. The molecule has 1 rings (SSSR count). The van der Waals surface area contributed by atoms with Gasteiger partial charge in [-0.1, -0.05) is 26.0 Å². The molecule has 25 heavy (non-hydrogen) atoms. The number of rotatable bonds is 11. The predicted molar refractivity (Wildman–Crippen MR) is 98.4 cm³/mol. The second-order valence-electron chi connectivity index (χ2n) is 7.57. The molecule has 0 fully saturated rings. The normalized spacial score (nSPS) is 12.9. The number of aliphatic hydroxyl groups is 1. The molecule has 0 aliphatic rings. The van der Waals surface area contributed by atoms with Crippen molar-refractivity contribution in [3.63, 3.8) is 0 Å². The molecule has 0 spiro atoms. The molecule has 144 valence electrons. The molecule has 1 aromatic carbocycles.